The third kappa shape index (κ3) is 5.06. The van der Waals surface area contributed by atoms with E-state index in [1.165, 1.54) is 0 Å². The molecule has 7 nitrogen and oxygen atoms in total. The van der Waals surface area contributed by atoms with E-state index in [2.05, 4.69) is 15.6 Å². The van der Waals surface area contributed by atoms with Crippen molar-refractivity contribution in [1.82, 2.24) is 10.3 Å². The number of nitrogens with zero attached hydrogens (tertiary/aromatic N) is 1. The second-order valence-corrected chi connectivity index (χ2v) is 7.51. The molecule has 31 heavy (non-hydrogen) atoms. The number of esters is 1. The first-order valence-electron chi connectivity index (χ1n) is 10.3. The van der Waals surface area contributed by atoms with E-state index in [4.69, 9.17) is 4.74 Å². The normalized spacial score (nSPS) is 13.7. The van der Waals surface area contributed by atoms with Crippen molar-refractivity contribution in [3.8, 4) is 0 Å². The first-order valence-corrected chi connectivity index (χ1v) is 10.3. The number of rotatable bonds is 6. The number of hydrogen-bond donors (Lipinski definition) is 2. The summed E-state index contributed by atoms with van der Waals surface area (Å²) in [6.45, 7) is -0.480. The zero-order chi connectivity index (χ0) is 21.6. The van der Waals surface area contributed by atoms with Crippen LogP contribution >= 0.6 is 0 Å². The number of carbonyl (C=O) groups excluding carboxylic acids is 3. The lowest BCUT2D eigenvalue weighted by atomic mass is 10.1. The molecule has 2 amide bonds. The first-order chi connectivity index (χ1) is 15.1. The molecular weight excluding hydrogens is 394 g/mol. The van der Waals surface area contributed by atoms with E-state index in [9.17, 15) is 14.4 Å². The van der Waals surface area contributed by atoms with E-state index in [0.29, 0.717) is 16.8 Å². The SMILES string of the molecule is O=C(COC(=O)c1ccc2ccccc2n1)Nc1ccccc1C(=O)NC1CCCC1. The Hall–Kier alpha value is -3.74. The summed E-state index contributed by atoms with van der Waals surface area (Å²) in [6.07, 6.45) is 4.17. The predicted molar refractivity (Wildman–Crippen MR) is 117 cm³/mol. The summed E-state index contributed by atoms with van der Waals surface area (Å²) in [6, 6.07) is 17.7. The van der Waals surface area contributed by atoms with Crippen LogP contribution in [0.5, 0.6) is 0 Å². The fraction of sp³-hybridized carbons (Fsp3) is 0.250. The molecule has 0 radical (unpaired) electrons. The van der Waals surface area contributed by atoms with Crippen molar-refractivity contribution >= 4 is 34.4 Å². The molecule has 1 fully saturated rings. The summed E-state index contributed by atoms with van der Waals surface area (Å²) in [5.74, 6) is -1.44. The number of amides is 2. The minimum Gasteiger partial charge on any atom is -0.451 e. The number of fused-ring (bicyclic) bond motifs is 1. The highest BCUT2D eigenvalue weighted by Crippen LogP contribution is 2.20. The molecule has 1 heterocycles. The molecule has 7 heteroatoms. The maximum absolute atomic E-state index is 12.6. The highest BCUT2D eigenvalue weighted by Gasteiger charge is 2.20. The zero-order valence-electron chi connectivity index (χ0n) is 17.0. The molecule has 0 unspecified atom stereocenters. The average Bonchev–Trinajstić information content (AvgIpc) is 3.30. The second-order valence-electron chi connectivity index (χ2n) is 7.51. The van der Waals surface area contributed by atoms with E-state index in [1.807, 2.05) is 18.2 Å². The molecule has 0 aliphatic heterocycles. The number of aromatic nitrogens is 1. The van der Waals surface area contributed by atoms with Crippen LogP contribution in [0.1, 0.15) is 46.5 Å². The minimum atomic E-state index is -0.687. The molecule has 158 valence electrons. The van der Waals surface area contributed by atoms with Crippen LogP contribution in [0.3, 0.4) is 0 Å². The summed E-state index contributed by atoms with van der Waals surface area (Å²) < 4.78 is 5.10. The number of carbonyl (C=O) groups is 3. The Morgan fingerprint density at radius 3 is 2.52 bits per heavy atom. The number of para-hydroxylation sites is 2. The van der Waals surface area contributed by atoms with Crippen molar-refractivity contribution in [2.75, 3.05) is 11.9 Å². The largest absolute Gasteiger partial charge is 0.451 e. The number of pyridine rings is 1. The lowest BCUT2D eigenvalue weighted by molar-refractivity contribution is -0.119. The molecule has 0 saturated heterocycles. The van der Waals surface area contributed by atoms with Gasteiger partial charge in [-0.3, -0.25) is 9.59 Å². The molecule has 0 atom stereocenters. The highest BCUT2D eigenvalue weighted by molar-refractivity contribution is 6.04. The summed E-state index contributed by atoms with van der Waals surface area (Å²) >= 11 is 0. The van der Waals surface area contributed by atoms with Crippen molar-refractivity contribution in [2.45, 2.75) is 31.7 Å². The summed E-state index contributed by atoms with van der Waals surface area (Å²) in [4.78, 5) is 41.5. The molecule has 4 rings (SSSR count). The first kappa shape index (κ1) is 20.5. The van der Waals surface area contributed by atoms with E-state index in [-0.39, 0.29) is 17.6 Å². The lowest BCUT2D eigenvalue weighted by Crippen LogP contribution is -2.33. The van der Waals surface area contributed by atoms with E-state index < -0.39 is 18.5 Å². The van der Waals surface area contributed by atoms with Crippen molar-refractivity contribution < 1.29 is 19.1 Å². The Morgan fingerprint density at radius 2 is 1.68 bits per heavy atom. The molecule has 1 saturated carbocycles. The molecular formula is C24H23N3O4. The number of anilines is 1. The maximum atomic E-state index is 12.6. The molecule has 0 bridgehead atoms. The predicted octanol–water partition coefficient (Wildman–Crippen LogP) is 3.70. The molecule has 1 aromatic heterocycles. The van der Waals surface area contributed by atoms with Gasteiger partial charge in [0.1, 0.15) is 5.69 Å². The Bertz CT molecular complexity index is 1120. The second kappa shape index (κ2) is 9.38. The quantitative estimate of drug-likeness (QED) is 0.596. The van der Waals surface area contributed by atoms with Crippen LogP contribution in [-0.2, 0) is 9.53 Å². The number of ether oxygens (including phenoxy) is 1. The van der Waals surface area contributed by atoms with Gasteiger partial charge in [-0.1, -0.05) is 49.2 Å². The average molecular weight is 417 g/mol. The van der Waals surface area contributed by atoms with Gasteiger partial charge in [0, 0.05) is 11.4 Å². The lowest BCUT2D eigenvalue weighted by Gasteiger charge is -2.15. The van der Waals surface area contributed by atoms with Gasteiger partial charge in [-0.25, -0.2) is 9.78 Å². The monoisotopic (exact) mass is 417 g/mol. The molecule has 3 aromatic rings. The van der Waals surface area contributed by atoms with Gasteiger partial charge in [-0.05, 0) is 37.1 Å². The standard InChI is InChI=1S/C24H23N3O4/c28-22(15-31-24(30)21-14-13-16-7-1-5-11-19(16)26-21)27-20-12-6-4-10-18(20)23(29)25-17-8-2-3-9-17/h1,4-7,10-14,17H,2-3,8-9,15H2,(H,25,29)(H,27,28). The van der Waals surface area contributed by atoms with Gasteiger partial charge in [0.05, 0.1) is 16.8 Å². The van der Waals surface area contributed by atoms with Gasteiger partial charge in [0.15, 0.2) is 6.61 Å². The summed E-state index contributed by atoms with van der Waals surface area (Å²) in [5, 5.41) is 6.57. The van der Waals surface area contributed by atoms with Gasteiger partial charge in [0.2, 0.25) is 0 Å². The van der Waals surface area contributed by atoms with Crippen LogP contribution < -0.4 is 10.6 Å². The number of hydrogen-bond acceptors (Lipinski definition) is 5. The van der Waals surface area contributed by atoms with Crippen LogP contribution in [0, 0.1) is 0 Å². The molecule has 0 spiro atoms. The Morgan fingerprint density at radius 1 is 0.935 bits per heavy atom. The van der Waals surface area contributed by atoms with E-state index >= 15 is 0 Å². The van der Waals surface area contributed by atoms with Gasteiger partial charge < -0.3 is 15.4 Å². The molecule has 2 N–H and O–H groups in total. The van der Waals surface area contributed by atoms with Gasteiger partial charge >= 0.3 is 5.97 Å². The fourth-order valence-corrected chi connectivity index (χ4v) is 3.69. The maximum Gasteiger partial charge on any atom is 0.357 e. The van der Waals surface area contributed by atoms with Crippen LogP contribution in [0.15, 0.2) is 60.7 Å². The fourth-order valence-electron chi connectivity index (χ4n) is 3.69. The van der Waals surface area contributed by atoms with Crippen LogP contribution in [0.4, 0.5) is 5.69 Å². The number of nitrogens with one attached hydrogen (secondary N) is 2. The van der Waals surface area contributed by atoms with Crippen molar-refractivity contribution in [3.05, 3.63) is 71.9 Å². The Labute approximate surface area is 179 Å². The topological polar surface area (TPSA) is 97.4 Å². The molecule has 2 aromatic carbocycles. The number of benzene rings is 2. The van der Waals surface area contributed by atoms with Crippen molar-refractivity contribution in [2.24, 2.45) is 0 Å². The van der Waals surface area contributed by atoms with Gasteiger partial charge in [-0.2, -0.15) is 0 Å². The summed E-state index contributed by atoms with van der Waals surface area (Å²) in [7, 11) is 0. The van der Waals surface area contributed by atoms with E-state index in [0.717, 1.165) is 31.1 Å². The van der Waals surface area contributed by atoms with E-state index in [1.54, 1.807) is 42.5 Å². The van der Waals surface area contributed by atoms with Gasteiger partial charge in [0.25, 0.3) is 11.8 Å². The van der Waals surface area contributed by atoms with Gasteiger partial charge in [-0.15, -0.1) is 0 Å². The smallest absolute Gasteiger partial charge is 0.357 e. The Kier molecular flexibility index (Phi) is 6.21. The zero-order valence-corrected chi connectivity index (χ0v) is 17.0. The highest BCUT2D eigenvalue weighted by atomic mass is 16.5. The third-order valence-electron chi connectivity index (χ3n) is 5.28. The molecule has 1 aliphatic carbocycles. The van der Waals surface area contributed by atoms with Crippen LogP contribution in [0.2, 0.25) is 0 Å². The minimum absolute atomic E-state index is 0.128. The van der Waals surface area contributed by atoms with Crippen molar-refractivity contribution in [1.29, 1.82) is 0 Å². The van der Waals surface area contributed by atoms with Crippen molar-refractivity contribution in [3.63, 3.8) is 0 Å². The summed E-state index contributed by atoms with van der Waals surface area (Å²) in [5.41, 5.74) is 1.56. The molecule has 1 aliphatic rings. The third-order valence-corrected chi connectivity index (χ3v) is 5.28. The Balaban J connectivity index is 1.36. The van der Waals surface area contributed by atoms with Crippen LogP contribution in [0.25, 0.3) is 10.9 Å². The van der Waals surface area contributed by atoms with Crippen LogP contribution in [-0.4, -0.2) is 35.4 Å².